The molecule has 0 unspecified atom stereocenters. The number of hydrogen-bond donors (Lipinski definition) is 1. The number of thiophene rings is 1. The normalized spacial score (nSPS) is 15.2. The highest BCUT2D eigenvalue weighted by Crippen LogP contribution is 2.41. The van der Waals surface area contributed by atoms with E-state index in [4.69, 9.17) is 4.98 Å². The summed E-state index contributed by atoms with van der Waals surface area (Å²) in [5.41, 5.74) is 2.21. The van der Waals surface area contributed by atoms with Gasteiger partial charge in [0.25, 0.3) is 0 Å². The molecule has 1 N–H and O–H groups in total. The standard InChI is InChI=1S/C20H21N3OS2/c1-11-12(2)25-19-16(11)20(22-13(3)21-19)26-17(14-7-5-4-6-8-14)18(24)23-15-9-10-15/h4-8,15,17H,9-10H2,1-3H3,(H,23,24)/t17-/m1/s1. The molecule has 4 rings (SSSR count). The maximum Gasteiger partial charge on any atom is 0.238 e. The fraction of sp³-hybridized carbons (Fsp3) is 0.350. The Bertz CT molecular complexity index is 964. The molecule has 1 aliphatic rings. The molecule has 0 saturated heterocycles. The predicted octanol–water partition coefficient (Wildman–Crippen LogP) is 4.73. The summed E-state index contributed by atoms with van der Waals surface area (Å²) in [5.74, 6) is 0.813. The third kappa shape index (κ3) is 3.48. The number of hydrogen-bond acceptors (Lipinski definition) is 5. The van der Waals surface area contributed by atoms with E-state index in [0.29, 0.717) is 6.04 Å². The molecule has 1 atom stereocenters. The van der Waals surface area contributed by atoms with Crippen molar-refractivity contribution in [2.45, 2.75) is 49.9 Å². The van der Waals surface area contributed by atoms with Gasteiger partial charge in [-0.2, -0.15) is 0 Å². The van der Waals surface area contributed by atoms with Crippen LogP contribution in [0.4, 0.5) is 0 Å². The Morgan fingerprint density at radius 1 is 1.19 bits per heavy atom. The number of rotatable bonds is 5. The number of nitrogens with zero attached hydrogens (tertiary/aromatic N) is 2. The van der Waals surface area contributed by atoms with Crippen LogP contribution >= 0.6 is 23.1 Å². The van der Waals surface area contributed by atoms with E-state index < -0.39 is 0 Å². The summed E-state index contributed by atoms with van der Waals surface area (Å²) in [7, 11) is 0. The van der Waals surface area contributed by atoms with Gasteiger partial charge in [-0.15, -0.1) is 11.3 Å². The number of amides is 1. The number of nitrogens with one attached hydrogen (secondary N) is 1. The van der Waals surface area contributed by atoms with Crippen molar-refractivity contribution >= 4 is 39.2 Å². The number of thioether (sulfide) groups is 1. The summed E-state index contributed by atoms with van der Waals surface area (Å²) in [6.07, 6.45) is 2.16. The molecule has 1 amide bonds. The minimum Gasteiger partial charge on any atom is -0.352 e. The van der Waals surface area contributed by atoms with Crippen LogP contribution in [0.2, 0.25) is 0 Å². The van der Waals surface area contributed by atoms with Crippen LogP contribution in [0.5, 0.6) is 0 Å². The zero-order valence-electron chi connectivity index (χ0n) is 15.1. The maximum absolute atomic E-state index is 12.9. The number of fused-ring (bicyclic) bond motifs is 1. The van der Waals surface area contributed by atoms with E-state index in [1.165, 1.54) is 22.2 Å². The van der Waals surface area contributed by atoms with Crippen molar-refractivity contribution in [1.82, 2.24) is 15.3 Å². The summed E-state index contributed by atoms with van der Waals surface area (Å²) in [5, 5.41) is 4.83. The zero-order valence-corrected chi connectivity index (χ0v) is 16.7. The van der Waals surface area contributed by atoms with E-state index in [1.807, 2.05) is 37.3 Å². The van der Waals surface area contributed by atoms with Crippen LogP contribution < -0.4 is 5.32 Å². The van der Waals surface area contributed by atoms with E-state index in [0.717, 1.165) is 39.5 Å². The van der Waals surface area contributed by atoms with Crippen LogP contribution in [-0.4, -0.2) is 21.9 Å². The smallest absolute Gasteiger partial charge is 0.238 e. The van der Waals surface area contributed by atoms with Crippen molar-refractivity contribution in [1.29, 1.82) is 0 Å². The monoisotopic (exact) mass is 383 g/mol. The molecule has 4 nitrogen and oxygen atoms in total. The Kier molecular flexibility index (Phi) is 4.71. The summed E-state index contributed by atoms with van der Waals surface area (Å²) in [4.78, 5) is 24.5. The molecule has 0 spiro atoms. The van der Waals surface area contributed by atoms with E-state index in [-0.39, 0.29) is 11.2 Å². The number of benzene rings is 1. The first-order valence-electron chi connectivity index (χ1n) is 8.79. The van der Waals surface area contributed by atoms with Gasteiger partial charge in [0.1, 0.15) is 20.9 Å². The minimum atomic E-state index is -0.311. The van der Waals surface area contributed by atoms with Gasteiger partial charge in [-0.1, -0.05) is 42.1 Å². The van der Waals surface area contributed by atoms with Gasteiger partial charge < -0.3 is 5.32 Å². The van der Waals surface area contributed by atoms with Crippen molar-refractivity contribution in [3.8, 4) is 0 Å². The highest BCUT2D eigenvalue weighted by molar-refractivity contribution is 8.00. The van der Waals surface area contributed by atoms with Crippen molar-refractivity contribution in [3.05, 3.63) is 52.2 Å². The first kappa shape index (κ1) is 17.5. The Labute approximate surface area is 161 Å². The molecule has 0 bridgehead atoms. The van der Waals surface area contributed by atoms with E-state index in [9.17, 15) is 4.79 Å². The van der Waals surface area contributed by atoms with E-state index >= 15 is 0 Å². The average molecular weight is 384 g/mol. The lowest BCUT2D eigenvalue weighted by Gasteiger charge is -2.17. The SMILES string of the molecule is Cc1nc(S[C@@H](C(=O)NC2CC2)c2ccccc2)c2c(C)c(C)sc2n1. The fourth-order valence-electron chi connectivity index (χ4n) is 2.92. The highest BCUT2D eigenvalue weighted by Gasteiger charge is 2.30. The number of aryl methyl sites for hydroxylation is 3. The van der Waals surface area contributed by atoms with Crippen LogP contribution in [0.3, 0.4) is 0 Å². The summed E-state index contributed by atoms with van der Waals surface area (Å²) < 4.78 is 0. The summed E-state index contributed by atoms with van der Waals surface area (Å²) in [6, 6.07) is 10.3. The lowest BCUT2D eigenvalue weighted by molar-refractivity contribution is -0.120. The average Bonchev–Trinajstić information content (AvgIpc) is 3.38. The largest absolute Gasteiger partial charge is 0.352 e. The Balaban J connectivity index is 1.76. The van der Waals surface area contributed by atoms with Gasteiger partial charge in [-0.25, -0.2) is 9.97 Å². The zero-order chi connectivity index (χ0) is 18.3. The molecular formula is C20H21N3OS2. The Morgan fingerprint density at radius 3 is 2.62 bits per heavy atom. The van der Waals surface area contributed by atoms with Crippen LogP contribution in [-0.2, 0) is 4.79 Å². The van der Waals surface area contributed by atoms with Crippen molar-refractivity contribution < 1.29 is 4.79 Å². The van der Waals surface area contributed by atoms with Crippen molar-refractivity contribution in [2.75, 3.05) is 0 Å². The Hall–Kier alpha value is -1.92. The quantitative estimate of drug-likeness (QED) is 0.511. The van der Waals surface area contributed by atoms with Crippen molar-refractivity contribution in [2.24, 2.45) is 0 Å². The summed E-state index contributed by atoms with van der Waals surface area (Å²) in [6.45, 7) is 6.13. The first-order chi connectivity index (χ1) is 12.5. The van der Waals surface area contributed by atoms with Crippen LogP contribution in [0, 0.1) is 20.8 Å². The number of aromatic nitrogens is 2. The Morgan fingerprint density at radius 2 is 1.92 bits per heavy atom. The third-order valence-electron chi connectivity index (χ3n) is 4.60. The first-order valence-corrected chi connectivity index (χ1v) is 10.5. The van der Waals surface area contributed by atoms with E-state index in [2.05, 4.69) is 24.1 Å². The van der Waals surface area contributed by atoms with Gasteiger partial charge in [0.05, 0.1) is 0 Å². The molecular weight excluding hydrogens is 362 g/mol. The van der Waals surface area contributed by atoms with Crippen LogP contribution in [0.1, 0.15) is 39.9 Å². The van der Waals surface area contributed by atoms with Gasteiger partial charge in [-0.3, -0.25) is 4.79 Å². The minimum absolute atomic E-state index is 0.0673. The predicted molar refractivity (Wildman–Crippen MR) is 108 cm³/mol. The molecule has 0 aliphatic heterocycles. The topological polar surface area (TPSA) is 54.9 Å². The lowest BCUT2D eigenvalue weighted by atomic mass is 10.1. The molecule has 2 aromatic heterocycles. The molecule has 26 heavy (non-hydrogen) atoms. The molecule has 3 aromatic rings. The van der Waals surface area contributed by atoms with Gasteiger partial charge >= 0.3 is 0 Å². The van der Waals surface area contributed by atoms with Gasteiger partial charge in [0.15, 0.2) is 0 Å². The molecule has 0 radical (unpaired) electrons. The molecule has 134 valence electrons. The molecule has 2 heterocycles. The van der Waals surface area contributed by atoms with Crippen LogP contribution in [0.25, 0.3) is 10.2 Å². The molecule has 1 saturated carbocycles. The van der Waals surface area contributed by atoms with Gasteiger partial charge in [-0.05, 0) is 44.7 Å². The van der Waals surface area contributed by atoms with Gasteiger partial charge in [0.2, 0.25) is 5.91 Å². The number of carbonyl (C=O) groups excluding carboxylic acids is 1. The third-order valence-corrected chi connectivity index (χ3v) is 6.94. The van der Waals surface area contributed by atoms with E-state index in [1.54, 1.807) is 11.3 Å². The highest BCUT2D eigenvalue weighted by atomic mass is 32.2. The second kappa shape index (κ2) is 7.00. The second-order valence-electron chi connectivity index (χ2n) is 6.73. The molecule has 1 fully saturated rings. The van der Waals surface area contributed by atoms with Crippen molar-refractivity contribution in [3.63, 3.8) is 0 Å². The fourth-order valence-corrected chi connectivity index (χ4v) is 5.30. The molecule has 6 heteroatoms. The second-order valence-corrected chi connectivity index (χ2v) is 9.03. The summed E-state index contributed by atoms with van der Waals surface area (Å²) >= 11 is 3.23. The maximum atomic E-state index is 12.9. The number of carbonyl (C=O) groups is 1. The van der Waals surface area contributed by atoms with Gasteiger partial charge in [0, 0.05) is 16.3 Å². The molecule has 1 aromatic carbocycles. The van der Waals surface area contributed by atoms with Crippen LogP contribution in [0.15, 0.2) is 35.4 Å². The lowest BCUT2D eigenvalue weighted by Crippen LogP contribution is -2.29. The molecule has 1 aliphatic carbocycles.